The van der Waals surface area contributed by atoms with Gasteiger partial charge in [0.15, 0.2) is 5.82 Å². The van der Waals surface area contributed by atoms with Gasteiger partial charge in [0.1, 0.15) is 0 Å². The molecule has 0 aliphatic carbocycles. The first-order chi connectivity index (χ1) is 7.65. The molecule has 0 saturated heterocycles. The lowest BCUT2D eigenvalue weighted by molar-refractivity contribution is 0.0851. The average molecular weight is 224 g/mol. The Balaban J connectivity index is 2.37. The zero-order valence-corrected chi connectivity index (χ0v) is 10.0. The summed E-state index contributed by atoms with van der Waals surface area (Å²) in [5, 5.41) is 9.68. The van der Waals surface area contributed by atoms with Crippen molar-refractivity contribution in [3.05, 3.63) is 18.2 Å². The lowest BCUT2D eigenvalue weighted by Gasteiger charge is -2.08. The largest absolute Gasteiger partial charge is 0.393 e. The number of aliphatic hydroxyl groups excluding tert-OH is 1. The summed E-state index contributed by atoms with van der Waals surface area (Å²) in [5.41, 5.74) is 0. The maximum Gasteiger partial charge on any atom is 0.200 e. The highest BCUT2D eigenvalue weighted by Gasteiger charge is 2.15. The van der Waals surface area contributed by atoms with E-state index in [-0.39, 0.29) is 12.2 Å². The van der Waals surface area contributed by atoms with Crippen LogP contribution in [0.4, 0.5) is 0 Å². The molecule has 1 aromatic heterocycles. The van der Waals surface area contributed by atoms with Crippen LogP contribution in [-0.4, -0.2) is 26.5 Å². The Morgan fingerprint density at radius 1 is 1.56 bits per heavy atom. The number of rotatable bonds is 7. The Labute approximate surface area is 96.3 Å². The lowest BCUT2D eigenvalue weighted by atomic mass is 10.1. The van der Waals surface area contributed by atoms with Crippen LogP contribution in [0.3, 0.4) is 0 Å². The SMILES string of the molecule is CCCCC[C@H](O)CC(=O)c1nccn1C. The van der Waals surface area contributed by atoms with Crippen molar-refractivity contribution in [1.82, 2.24) is 9.55 Å². The average Bonchev–Trinajstić information content (AvgIpc) is 2.65. The predicted octanol–water partition coefficient (Wildman–Crippen LogP) is 1.93. The van der Waals surface area contributed by atoms with E-state index in [1.54, 1.807) is 24.0 Å². The van der Waals surface area contributed by atoms with Crippen molar-refractivity contribution in [3.63, 3.8) is 0 Å². The van der Waals surface area contributed by atoms with Crippen molar-refractivity contribution in [2.75, 3.05) is 0 Å². The highest BCUT2D eigenvalue weighted by molar-refractivity contribution is 5.93. The first-order valence-corrected chi connectivity index (χ1v) is 5.83. The molecule has 0 unspecified atom stereocenters. The number of hydrogen-bond donors (Lipinski definition) is 1. The van der Waals surface area contributed by atoms with Crippen LogP contribution in [0.1, 0.15) is 49.6 Å². The Morgan fingerprint density at radius 2 is 2.31 bits per heavy atom. The number of carbonyl (C=O) groups excluding carboxylic acids is 1. The van der Waals surface area contributed by atoms with Crippen LogP contribution in [0.25, 0.3) is 0 Å². The van der Waals surface area contributed by atoms with E-state index in [9.17, 15) is 9.90 Å². The first-order valence-electron chi connectivity index (χ1n) is 5.83. The van der Waals surface area contributed by atoms with Crippen LogP contribution in [-0.2, 0) is 7.05 Å². The fraction of sp³-hybridized carbons (Fsp3) is 0.667. The standard InChI is InChI=1S/C12H20N2O2/c1-3-4-5-6-10(15)9-11(16)12-13-7-8-14(12)2/h7-8,10,15H,3-6,9H2,1-2H3/t10-/m0/s1. The molecule has 0 bridgehead atoms. The van der Waals surface area contributed by atoms with Gasteiger partial charge in [-0.3, -0.25) is 4.79 Å². The zero-order valence-electron chi connectivity index (χ0n) is 10.0. The summed E-state index contributed by atoms with van der Waals surface area (Å²) in [6, 6.07) is 0. The number of nitrogens with zero attached hydrogens (tertiary/aromatic N) is 2. The van der Waals surface area contributed by atoms with Gasteiger partial charge in [-0.2, -0.15) is 0 Å². The third-order valence-corrected chi connectivity index (χ3v) is 2.63. The van der Waals surface area contributed by atoms with Crippen LogP contribution >= 0.6 is 0 Å². The first kappa shape index (κ1) is 12.9. The summed E-state index contributed by atoms with van der Waals surface area (Å²) in [6.45, 7) is 2.12. The topological polar surface area (TPSA) is 55.1 Å². The van der Waals surface area contributed by atoms with Crippen LogP contribution in [0.2, 0.25) is 0 Å². The molecule has 0 aromatic carbocycles. The summed E-state index contributed by atoms with van der Waals surface area (Å²) < 4.78 is 1.68. The molecule has 1 N–H and O–H groups in total. The molecule has 1 atom stereocenters. The normalized spacial score (nSPS) is 12.7. The highest BCUT2D eigenvalue weighted by atomic mass is 16.3. The van der Waals surface area contributed by atoms with E-state index in [0.717, 1.165) is 19.3 Å². The van der Waals surface area contributed by atoms with Crippen LogP contribution < -0.4 is 0 Å². The van der Waals surface area contributed by atoms with Gasteiger partial charge in [-0.15, -0.1) is 0 Å². The Hall–Kier alpha value is -1.16. The molecule has 1 rings (SSSR count). The number of ketones is 1. The molecular formula is C12H20N2O2. The number of carbonyl (C=O) groups is 1. The third kappa shape index (κ3) is 3.77. The number of aromatic nitrogens is 2. The molecule has 4 nitrogen and oxygen atoms in total. The summed E-state index contributed by atoms with van der Waals surface area (Å²) in [5.74, 6) is 0.339. The molecule has 0 spiro atoms. The zero-order chi connectivity index (χ0) is 12.0. The van der Waals surface area contributed by atoms with Gasteiger partial charge < -0.3 is 9.67 Å². The van der Waals surface area contributed by atoms with Gasteiger partial charge in [-0.1, -0.05) is 26.2 Å². The lowest BCUT2D eigenvalue weighted by Crippen LogP contribution is -2.16. The van der Waals surface area contributed by atoms with Crippen molar-refractivity contribution >= 4 is 5.78 Å². The smallest absolute Gasteiger partial charge is 0.200 e. The summed E-state index contributed by atoms with van der Waals surface area (Å²) in [7, 11) is 1.78. The van der Waals surface area contributed by atoms with Crippen molar-refractivity contribution in [1.29, 1.82) is 0 Å². The highest BCUT2D eigenvalue weighted by Crippen LogP contribution is 2.09. The maximum atomic E-state index is 11.7. The van der Waals surface area contributed by atoms with E-state index in [2.05, 4.69) is 11.9 Å². The van der Waals surface area contributed by atoms with E-state index >= 15 is 0 Å². The van der Waals surface area contributed by atoms with Gasteiger partial charge in [-0.05, 0) is 6.42 Å². The van der Waals surface area contributed by atoms with Gasteiger partial charge in [0.25, 0.3) is 0 Å². The van der Waals surface area contributed by atoms with Crippen molar-refractivity contribution in [2.45, 2.75) is 45.1 Å². The molecule has 4 heteroatoms. The quantitative estimate of drug-likeness (QED) is 0.568. The minimum Gasteiger partial charge on any atom is -0.393 e. The molecule has 0 aliphatic rings. The van der Waals surface area contributed by atoms with Gasteiger partial charge in [0, 0.05) is 25.9 Å². The van der Waals surface area contributed by atoms with Gasteiger partial charge in [0.2, 0.25) is 5.78 Å². The van der Waals surface area contributed by atoms with Crippen molar-refractivity contribution in [2.24, 2.45) is 7.05 Å². The molecular weight excluding hydrogens is 204 g/mol. The number of aryl methyl sites for hydroxylation is 1. The van der Waals surface area contributed by atoms with E-state index < -0.39 is 6.10 Å². The van der Waals surface area contributed by atoms with E-state index in [4.69, 9.17) is 0 Å². The fourth-order valence-corrected chi connectivity index (χ4v) is 1.67. The molecule has 16 heavy (non-hydrogen) atoms. The summed E-state index contributed by atoms with van der Waals surface area (Å²) >= 11 is 0. The number of unbranched alkanes of at least 4 members (excludes halogenated alkanes) is 2. The molecule has 0 aliphatic heterocycles. The molecule has 0 radical (unpaired) electrons. The van der Waals surface area contributed by atoms with Crippen LogP contribution in [0.15, 0.2) is 12.4 Å². The predicted molar refractivity (Wildman–Crippen MR) is 62.3 cm³/mol. The minimum atomic E-state index is -0.532. The molecule has 0 amide bonds. The number of Topliss-reactive ketones (excluding diaryl/α,β-unsaturated/α-hetero) is 1. The second-order valence-corrected chi connectivity index (χ2v) is 4.14. The summed E-state index contributed by atoms with van der Waals surface area (Å²) in [4.78, 5) is 15.7. The number of aliphatic hydroxyl groups is 1. The molecule has 1 heterocycles. The van der Waals surface area contributed by atoms with Gasteiger partial charge >= 0.3 is 0 Å². The monoisotopic (exact) mass is 224 g/mol. The van der Waals surface area contributed by atoms with Crippen LogP contribution in [0.5, 0.6) is 0 Å². The molecule has 0 fully saturated rings. The Morgan fingerprint density at radius 3 is 2.88 bits per heavy atom. The van der Waals surface area contributed by atoms with E-state index in [1.807, 2.05) is 0 Å². The number of hydrogen-bond acceptors (Lipinski definition) is 3. The number of imidazole rings is 1. The van der Waals surface area contributed by atoms with Crippen LogP contribution in [0, 0.1) is 0 Å². The minimum absolute atomic E-state index is 0.0866. The second kappa shape index (κ2) is 6.43. The van der Waals surface area contributed by atoms with Gasteiger partial charge in [-0.25, -0.2) is 4.98 Å². The molecule has 90 valence electrons. The Kier molecular flexibility index (Phi) is 5.19. The van der Waals surface area contributed by atoms with Crippen molar-refractivity contribution < 1.29 is 9.90 Å². The second-order valence-electron chi connectivity index (χ2n) is 4.14. The molecule has 0 saturated carbocycles. The van der Waals surface area contributed by atoms with Crippen molar-refractivity contribution in [3.8, 4) is 0 Å². The van der Waals surface area contributed by atoms with E-state index in [1.165, 1.54) is 0 Å². The Bertz CT molecular complexity index is 334. The van der Waals surface area contributed by atoms with E-state index in [0.29, 0.717) is 12.2 Å². The maximum absolute atomic E-state index is 11.7. The summed E-state index contributed by atoms with van der Waals surface area (Å²) in [6.07, 6.45) is 6.88. The van der Waals surface area contributed by atoms with Gasteiger partial charge in [0.05, 0.1) is 6.10 Å². The fourth-order valence-electron chi connectivity index (χ4n) is 1.67. The third-order valence-electron chi connectivity index (χ3n) is 2.63. The molecule has 1 aromatic rings.